The number of amides is 1. The molecule has 2 N–H and O–H groups in total. The molecule has 5 heteroatoms. The maximum atomic E-state index is 12.6. The normalized spacial score (nSPS) is 12.2. The molecule has 2 rings (SSSR count). The summed E-state index contributed by atoms with van der Waals surface area (Å²) in [6.07, 6.45) is -3.18. The van der Waals surface area contributed by atoms with Crippen molar-refractivity contribution < 1.29 is 18.0 Å². The highest BCUT2D eigenvalue weighted by atomic mass is 19.4. The van der Waals surface area contributed by atoms with Crippen molar-refractivity contribution in [2.45, 2.75) is 6.18 Å². The average Bonchev–Trinajstić information content (AvgIpc) is 2.45. The predicted octanol–water partition coefficient (Wildman–Crippen LogP) is 3.62. The standard InChI is InChI=1S/C16H12F3NO/c17-16(18,19)13-8-6-12(7-9-13)14(10-15(20)21)11-4-2-1-3-5-11/h1-10H,(H2,20,21). The molecule has 2 aromatic rings. The van der Waals surface area contributed by atoms with Crippen molar-refractivity contribution in [2.24, 2.45) is 5.73 Å². The molecule has 0 spiro atoms. The van der Waals surface area contributed by atoms with Crippen LogP contribution in [0.1, 0.15) is 16.7 Å². The monoisotopic (exact) mass is 291 g/mol. The topological polar surface area (TPSA) is 43.1 Å². The van der Waals surface area contributed by atoms with E-state index in [2.05, 4.69) is 0 Å². The van der Waals surface area contributed by atoms with Crippen LogP contribution in [0, 0.1) is 0 Å². The van der Waals surface area contributed by atoms with Crippen LogP contribution in [0.3, 0.4) is 0 Å². The summed E-state index contributed by atoms with van der Waals surface area (Å²) in [6.45, 7) is 0. The molecule has 0 saturated heterocycles. The van der Waals surface area contributed by atoms with Crippen LogP contribution in [-0.4, -0.2) is 5.91 Å². The summed E-state index contributed by atoms with van der Waals surface area (Å²) in [5.41, 5.74) is 6.12. The molecule has 21 heavy (non-hydrogen) atoms. The zero-order valence-electron chi connectivity index (χ0n) is 10.9. The van der Waals surface area contributed by atoms with Gasteiger partial charge < -0.3 is 5.73 Å². The zero-order chi connectivity index (χ0) is 15.5. The highest BCUT2D eigenvalue weighted by molar-refractivity contribution is 5.98. The largest absolute Gasteiger partial charge is 0.416 e. The number of hydrogen-bond acceptors (Lipinski definition) is 1. The van der Waals surface area contributed by atoms with Gasteiger partial charge in [0.1, 0.15) is 0 Å². The van der Waals surface area contributed by atoms with E-state index in [9.17, 15) is 18.0 Å². The van der Waals surface area contributed by atoms with Crippen molar-refractivity contribution in [3.8, 4) is 0 Å². The Morgan fingerprint density at radius 1 is 0.905 bits per heavy atom. The van der Waals surface area contributed by atoms with Crippen molar-refractivity contribution in [3.63, 3.8) is 0 Å². The van der Waals surface area contributed by atoms with Crippen LogP contribution in [0.2, 0.25) is 0 Å². The second kappa shape index (κ2) is 5.83. The Morgan fingerprint density at radius 2 is 1.43 bits per heavy atom. The van der Waals surface area contributed by atoms with E-state index in [4.69, 9.17) is 5.73 Å². The van der Waals surface area contributed by atoms with Crippen molar-refractivity contribution in [1.29, 1.82) is 0 Å². The first-order chi connectivity index (χ1) is 9.88. The summed E-state index contributed by atoms with van der Waals surface area (Å²) in [5.74, 6) is -0.659. The molecule has 0 aliphatic rings. The van der Waals surface area contributed by atoms with Gasteiger partial charge in [-0.25, -0.2) is 0 Å². The van der Waals surface area contributed by atoms with Crippen molar-refractivity contribution in [3.05, 3.63) is 77.4 Å². The molecule has 0 aliphatic carbocycles. The van der Waals surface area contributed by atoms with Crippen LogP contribution < -0.4 is 5.73 Å². The molecule has 0 bridgehead atoms. The Labute approximate surface area is 119 Å². The summed E-state index contributed by atoms with van der Waals surface area (Å²) >= 11 is 0. The van der Waals surface area contributed by atoms with Gasteiger partial charge >= 0.3 is 6.18 Å². The van der Waals surface area contributed by atoms with Gasteiger partial charge in [0.15, 0.2) is 0 Å². The molecule has 0 fully saturated rings. The molecule has 0 radical (unpaired) electrons. The summed E-state index contributed by atoms with van der Waals surface area (Å²) in [5, 5.41) is 0. The Balaban J connectivity index is 2.46. The summed E-state index contributed by atoms with van der Waals surface area (Å²) in [6, 6.07) is 13.5. The van der Waals surface area contributed by atoms with E-state index in [1.807, 2.05) is 0 Å². The molecule has 0 heterocycles. The number of halogens is 3. The highest BCUT2D eigenvalue weighted by Gasteiger charge is 2.30. The number of primary amides is 1. The fourth-order valence-electron chi connectivity index (χ4n) is 1.93. The molecular weight excluding hydrogens is 279 g/mol. The third-order valence-electron chi connectivity index (χ3n) is 2.89. The van der Waals surface area contributed by atoms with Gasteiger partial charge in [0.2, 0.25) is 5.91 Å². The van der Waals surface area contributed by atoms with E-state index in [-0.39, 0.29) is 0 Å². The number of hydrogen-bond donors (Lipinski definition) is 1. The van der Waals surface area contributed by atoms with E-state index >= 15 is 0 Å². The van der Waals surface area contributed by atoms with Crippen LogP contribution in [-0.2, 0) is 11.0 Å². The third-order valence-corrected chi connectivity index (χ3v) is 2.89. The number of nitrogens with two attached hydrogens (primary N) is 1. The number of carbonyl (C=O) groups is 1. The maximum absolute atomic E-state index is 12.6. The van der Waals surface area contributed by atoms with Gasteiger partial charge in [-0.1, -0.05) is 42.5 Å². The van der Waals surface area contributed by atoms with Crippen LogP contribution in [0.4, 0.5) is 13.2 Å². The minimum Gasteiger partial charge on any atom is -0.366 e. The van der Waals surface area contributed by atoms with Gasteiger partial charge in [0.25, 0.3) is 0 Å². The number of benzene rings is 2. The molecule has 0 saturated carbocycles. The smallest absolute Gasteiger partial charge is 0.366 e. The number of rotatable bonds is 3. The van der Waals surface area contributed by atoms with Crippen molar-refractivity contribution in [2.75, 3.05) is 0 Å². The van der Waals surface area contributed by atoms with Crippen LogP contribution in [0.5, 0.6) is 0 Å². The minimum absolute atomic E-state index is 0.483. The predicted molar refractivity (Wildman–Crippen MR) is 74.2 cm³/mol. The molecule has 0 aliphatic heterocycles. The van der Waals surface area contributed by atoms with Crippen molar-refractivity contribution in [1.82, 2.24) is 0 Å². The molecular formula is C16H12F3NO. The molecule has 2 nitrogen and oxygen atoms in total. The van der Waals surface area contributed by atoms with Gasteiger partial charge in [-0.15, -0.1) is 0 Å². The van der Waals surface area contributed by atoms with Gasteiger partial charge in [-0.2, -0.15) is 13.2 Å². The van der Waals surface area contributed by atoms with E-state index in [1.165, 1.54) is 18.2 Å². The molecule has 0 atom stereocenters. The SMILES string of the molecule is NC(=O)C=C(c1ccccc1)c1ccc(C(F)(F)F)cc1. The van der Waals surface area contributed by atoms with E-state index in [0.29, 0.717) is 16.7 Å². The first-order valence-electron chi connectivity index (χ1n) is 6.12. The minimum atomic E-state index is -4.39. The van der Waals surface area contributed by atoms with Gasteiger partial charge in [0.05, 0.1) is 5.56 Å². The van der Waals surface area contributed by atoms with E-state index in [0.717, 1.165) is 12.1 Å². The quantitative estimate of drug-likeness (QED) is 0.862. The Morgan fingerprint density at radius 3 is 1.90 bits per heavy atom. The van der Waals surface area contributed by atoms with Gasteiger partial charge in [0, 0.05) is 6.08 Å². The fraction of sp³-hybridized carbons (Fsp3) is 0.0625. The van der Waals surface area contributed by atoms with Crippen LogP contribution in [0.25, 0.3) is 5.57 Å². The first kappa shape index (κ1) is 14.8. The van der Waals surface area contributed by atoms with E-state index in [1.54, 1.807) is 30.3 Å². The van der Waals surface area contributed by atoms with Crippen LogP contribution >= 0.6 is 0 Å². The summed E-state index contributed by atoms with van der Waals surface area (Å²) < 4.78 is 37.7. The lowest BCUT2D eigenvalue weighted by Gasteiger charge is -2.10. The average molecular weight is 291 g/mol. The van der Waals surface area contributed by atoms with Gasteiger partial charge in [-0.05, 0) is 28.8 Å². The number of alkyl halides is 3. The first-order valence-corrected chi connectivity index (χ1v) is 6.12. The zero-order valence-corrected chi connectivity index (χ0v) is 10.9. The lowest BCUT2D eigenvalue weighted by Crippen LogP contribution is -2.08. The second-order valence-corrected chi connectivity index (χ2v) is 4.40. The summed E-state index contributed by atoms with van der Waals surface area (Å²) in [4.78, 5) is 11.1. The molecule has 0 aromatic heterocycles. The second-order valence-electron chi connectivity index (χ2n) is 4.40. The Bertz CT molecular complexity index is 658. The Hall–Kier alpha value is -2.56. The molecule has 0 unspecified atom stereocenters. The lowest BCUT2D eigenvalue weighted by molar-refractivity contribution is -0.137. The highest BCUT2D eigenvalue weighted by Crippen LogP contribution is 2.31. The Kier molecular flexibility index (Phi) is 4.12. The summed E-state index contributed by atoms with van der Waals surface area (Å²) in [7, 11) is 0. The fourth-order valence-corrected chi connectivity index (χ4v) is 1.93. The molecule has 1 amide bonds. The maximum Gasteiger partial charge on any atom is 0.416 e. The molecule has 108 valence electrons. The van der Waals surface area contributed by atoms with Crippen molar-refractivity contribution >= 4 is 11.5 Å². The molecule has 2 aromatic carbocycles. The van der Waals surface area contributed by atoms with Crippen LogP contribution in [0.15, 0.2) is 60.7 Å². The third kappa shape index (κ3) is 3.72. The van der Waals surface area contributed by atoms with E-state index < -0.39 is 17.6 Å². The lowest BCUT2D eigenvalue weighted by atomic mass is 9.96. The number of carbonyl (C=O) groups excluding carboxylic acids is 1. The van der Waals surface area contributed by atoms with Gasteiger partial charge in [-0.3, -0.25) is 4.79 Å².